The van der Waals surface area contributed by atoms with Gasteiger partial charge in [-0.1, -0.05) is 157 Å². The standard InChI is InChI=1S/C32H41NO6.C24H35NO4.C8H13ClO3.C6H12O.C2H2Cl2O2/c1-32-18-10-4-7-13-25(29(32)33-30(34)36-21-23-11-5-2-6-12-23)19-24-16-17-27(20-28(24)32)37-22-38-31(35)39-26-14-8-3-9-15-26;1-24-13-7-3-4-8-18(22(24)25)14-17-11-12-20(15-21(17)24)27-16-28-23(26)29-19-9-5-2-6-10-19;9-6-11-8(10)12-7-4-2-1-3-5-7;7-6-4-2-1-3-5-6;3-1-6-2(4)5/h2,5-6,11-12,16-17,20,25-26,29H,3-4,7-10,13-15,18-19,21-22H2,1H3,(H,33,34);11-12,15,18-19,22H,2-10,13-14,16,25H2,1H3;7H,1-6H2;6-7H,1-5H2;1H2/t25-,29-,32+;18-,22-,24+;;;/m00.../s1. The number of alkyl halides is 2. The van der Waals surface area contributed by atoms with Gasteiger partial charge in [0.2, 0.25) is 13.6 Å². The van der Waals surface area contributed by atoms with E-state index >= 15 is 0 Å². The maximum Gasteiger partial charge on any atom is 0.511 e. The number of fused-ring (bicyclic) bond motifs is 8. The maximum atomic E-state index is 13.0. The van der Waals surface area contributed by atoms with Crippen molar-refractivity contribution in [3.63, 3.8) is 0 Å². The summed E-state index contributed by atoms with van der Waals surface area (Å²) in [6.07, 6.45) is 33.1. The lowest BCUT2D eigenvalue weighted by Crippen LogP contribution is -2.57. The molecular weight excluding hydrogens is 1260 g/mol. The minimum Gasteiger partial charge on any atom is -0.457 e. The van der Waals surface area contributed by atoms with Gasteiger partial charge in [-0.25, -0.2) is 24.0 Å². The second kappa shape index (κ2) is 40.2. The number of amides is 1. The van der Waals surface area contributed by atoms with Crippen LogP contribution in [-0.2, 0) is 68.2 Å². The molecule has 0 radical (unpaired) electrons. The van der Waals surface area contributed by atoms with Gasteiger partial charge < -0.3 is 63.5 Å². The second-order valence-electron chi connectivity index (χ2n) is 26.5. The monoisotopic (exact) mass is 1360 g/mol. The first-order valence-electron chi connectivity index (χ1n) is 34.4. The van der Waals surface area contributed by atoms with E-state index in [1.807, 2.05) is 42.5 Å². The Morgan fingerprint density at radius 2 is 0.925 bits per heavy atom. The Bertz CT molecular complexity index is 2720. The first-order chi connectivity index (χ1) is 45.1. The highest BCUT2D eigenvalue weighted by Gasteiger charge is 2.47. The van der Waals surface area contributed by atoms with Crippen LogP contribution in [0.1, 0.15) is 234 Å². The Labute approximate surface area is 566 Å². The number of aliphatic hydroxyl groups is 1. The van der Waals surface area contributed by atoms with Crippen molar-refractivity contribution in [2.75, 3.05) is 25.7 Å². The number of alkyl carbamates (subject to hydrolysis) is 1. The van der Waals surface area contributed by atoms with Gasteiger partial charge in [0.1, 0.15) is 36.4 Å². The molecule has 0 aromatic heterocycles. The molecule has 93 heavy (non-hydrogen) atoms. The van der Waals surface area contributed by atoms with Crippen LogP contribution in [0.4, 0.5) is 24.0 Å². The molecule has 11 rings (SSSR count). The quantitative estimate of drug-likeness (QED) is 0.0447. The summed E-state index contributed by atoms with van der Waals surface area (Å²) < 4.78 is 51.7. The highest BCUT2D eigenvalue weighted by atomic mass is 35.5. The fourth-order valence-electron chi connectivity index (χ4n) is 14.9. The molecule has 0 unspecified atom stereocenters. The van der Waals surface area contributed by atoms with E-state index in [1.165, 1.54) is 99.3 Å². The third-order valence-electron chi connectivity index (χ3n) is 20.0. The van der Waals surface area contributed by atoms with Crippen molar-refractivity contribution >= 4 is 64.8 Å². The molecule has 0 spiro atoms. The van der Waals surface area contributed by atoms with E-state index in [-0.39, 0.29) is 85.7 Å². The number of rotatable bonds is 14. The van der Waals surface area contributed by atoms with Crippen molar-refractivity contribution < 1.29 is 76.4 Å². The lowest BCUT2D eigenvalue weighted by atomic mass is 9.59. The van der Waals surface area contributed by atoms with E-state index in [9.17, 15) is 24.0 Å². The lowest BCUT2D eigenvalue weighted by Gasteiger charge is -2.49. The number of nitrogens with one attached hydrogen (secondary N) is 1. The van der Waals surface area contributed by atoms with Gasteiger partial charge in [-0.05, 0) is 192 Å². The fourth-order valence-corrected chi connectivity index (χ4v) is 15.2. The van der Waals surface area contributed by atoms with E-state index in [1.54, 1.807) is 0 Å². The number of benzene rings is 3. The molecule has 4 bridgehead atoms. The fraction of sp³-hybridized carbons (Fsp3) is 0.681. The lowest BCUT2D eigenvalue weighted by molar-refractivity contribution is -0.0235. The van der Waals surface area contributed by atoms with Crippen LogP contribution in [0.15, 0.2) is 66.7 Å². The summed E-state index contributed by atoms with van der Waals surface area (Å²) in [5.74, 6) is 2.28. The molecule has 3 aromatic carbocycles. The zero-order chi connectivity index (χ0) is 66.3. The molecule has 6 fully saturated rings. The zero-order valence-electron chi connectivity index (χ0n) is 54.9. The number of hydrogen-bond acceptors (Lipinski definition) is 17. The van der Waals surface area contributed by atoms with Crippen LogP contribution in [0.3, 0.4) is 0 Å². The molecule has 0 heterocycles. The van der Waals surface area contributed by atoms with Crippen molar-refractivity contribution in [1.82, 2.24) is 5.32 Å². The summed E-state index contributed by atoms with van der Waals surface area (Å²) in [5.41, 5.74) is 11.8. The summed E-state index contributed by atoms with van der Waals surface area (Å²) in [6, 6.07) is 22.0. The first kappa shape index (κ1) is 75.0. The summed E-state index contributed by atoms with van der Waals surface area (Å²) in [7, 11) is 0. The van der Waals surface area contributed by atoms with E-state index in [0.29, 0.717) is 17.6 Å². The molecule has 0 aliphatic heterocycles. The number of nitrogens with two attached hydrogens (primary N) is 1. The Hall–Kier alpha value is -5.40. The molecule has 8 aliphatic rings. The molecule has 3 aromatic rings. The van der Waals surface area contributed by atoms with Crippen molar-refractivity contribution in [3.8, 4) is 11.5 Å². The Kier molecular flexibility index (Phi) is 32.4. The maximum absolute atomic E-state index is 13.0. The average molecular weight is 1360 g/mol. The third kappa shape index (κ3) is 25.0. The van der Waals surface area contributed by atoms with Crippen molar-refractivity contribution in [3.05, 3.63) is 94.5 Å². The predicted molar refractivity (Wildman–Crippen MR) is 357 cm³/mol. The smallest absolute Gasteiger partial charge is 0.457 e. The third-order valence-corrected chi connectivity index (χ3v) is 20.3. The van der Waals surface area contributed by atoms with Crippen LogP contribution in [-0.4, -0.2) is 97.3 Å². The number of carbonyl (C=O) groups excluding carboxylic acids is 5. The summed E-state index contributed by atoms with van der Waals surface area (Å²) in [6.45, 7) is 4.49. The normalized spacial score (nSPS) is 24.5. The van der Waals surface area contributed by atoms with Crippen LogP contribution in [0, 0.1) is 11.8 Å². The SMILES string of the molecule is C[C@@]12CCCCC[C@@H](Cc3ccc(OCOC(=O)OC4CCCCC4)cc31)[C@@H]2N.C[C@@]12CCCCC[C@@H](Cc3ccc(OCOC(=O)OC4CCCCC4)cc31)[C@@H]2NC(=O)OCc1ccccc1.O=C(Cl)OCCl.O=C(OCCl)OC1CCCCC1.OC1CCCCC1. The summed E-state index contributed by atoms with van der Waals surface area (Å²) in [5, 5.41) is 12.2. The highest BCUT2D eigenvalue weighted by molar-refractivity contribution is 6.61. The average Bonchev–Trinajstić information content (AvgIpc) is 0.758. The molecule has 6 saturated carbocycles. The molecule has 6 atom stereocenters. The molecule has 21 heteroatoms. The van der Waals surface area contributed by atoms with E-state index < -0.39 is 23.9 Å². The first-order valence-corrected chi connectivity index (χ1v) is 35.9. The summed E-state index contributed by atoms with van der Waals surface area (Å²) >= 11 is 14.7. The zero-order valence-corrected chi connectivity index (χ0v) is 57.2. The summed E-state index contributed by atoms with van der Waals surface area (Å²) in [4.78, 5) is 57.3. The van der Waals surface area contributed by atoms with Crippen LogP contribution in [0.2, 0.25) is 0 Å². The Morgan fingerprint density at radius 3 is 1.38 bits per heavy atom. The number of ether oxygens (including phenoxy) is 10. The van der Waals surface area contributed by atoms with Crippen molar-refractivity contribution in [2.45, 2.75) is 273 Å². The van der Waals surface area contributed by atoms with Gasteiger partial charge in [0.25, 0.3) is 0 Å². The number of halogens is 3. The van der Waals surface area contributed by atoms with Crippen LogP contribution >= 0.6 is 34.8 Å². The van der Waals surface area contributed by atoms with E-state index in [0.717, 1.165) is 140 Å². The van der Waals surface area contributed by atoms with Crippen LogP contribution < -0.4 is 20.5 Å². The van der Waals surface area contributed by atoms with Crippen LogP contribution in [0.5, 0.6) is 11.5 Å². The van der Waals surface area contributed by atoms with E-state index in [2.05, 4.69) is 64.5 Å². The minimum absolute atomic E-state index is 0.00584. The van der Waals surface area contributed by atoms with Gasteiger partial charge in [-0.15, -0.1) is 0 Å². The molecule has 0 saturated heterocycles. The number of aliphatic hydroxyl groups excluding tert-OH is 1. The van der Waals surface area contributed by atoms with Crippen molar-refractivity contribution in [1.29, 1.82) is 0 Å². The van der Waals surface area contributed by atoms with Gasteiger partial charge in [0, 0.05) is 34.5 Å². The molecule has 4 N–H and O–H groups in total. The number of hydrogen-bond donors (Lipinski definition) is 3. The van der Waals surface area contributed by atoms with Gasteiger partial charge in [-0.2, -0.15) is 0 Å². The number of carbonyl (C=O) groups is 5. The van der Waals surface area contributed by atoms with Gasteiger partial charge in [0.15, 0.2) is 12.1 Å². The molecule has 8 aliphatic carbocycles. The van der Waals surface area contributed by atoms with Gasteiger partial charge in [0.05, 0.1) is 6.10 Å². The Morgan fingerprint density at radius 1 is 0.505 bits per heavy atom. The largest absolute Gasteiger partial charge is 0.511 e. The van der Waals surface area contributed by atoms with Gasteiger partial charge in [-0.3, -0.25) is 0 Å². The topological polar surface area (TPSA) is 236 Å². The van der Waals surface area contributed by atoms with E-state index in [4.69, 9.17) is 71.9 Å². The molecule has 1 amide bonds. The highest BCUT2D eigenvalue weighted by Crippen LogP contribution is 2.49. The van der Waals surface area contributed by atoms with Crippen LogP contribution in [0.25, 0.3) is 0 Å². The molecular formula is C72H103Cl3N2O16. The molecule has 18 nitrogen and oxygen atoms in total. The second-order valence-corrected chi connectivity index (χ2v) is 27.3. The van der Waals surface area contributed by atoms with Gasteiger partial charge >= 0.3 is 30.0 Å². The van der Waals surface area contributed by atoms with Crippen molar-refractivity contribution in [2.24, 2.45) is 17.6 Å². The molecule has 518 valence electrons. The Balaban J connectivity index is 0.000000196. The predicted octanol–water partition coefficient (Wildman–Crippen LogP) is 18.0. The minimum atomic E-state index is -0.870.